The Morgan fingerprint density at radius 1 is 0.962 bits per heavy atom. The second-order valence-electron chi connectivity index (χ2n) is 5.76. The van der Waals surface area contributed by atoms with Gasteiger partial charge in [0.2, 0.25) is 10.9 Å². The number of nitrogens with zero attached hydrogens (tertiary/aromatic N) is 2. The van der Waals surface area contributed by atoms with Gasteiger partial charge in [-0.05, 0) is 17.7 Å². The molecule has 0 saturated heterocycles. The third-order valence-corrected chi connectivity index (χ3v) is 4.28. The van der Waals surface area contributed by atoms with E-state index in [1.54, 1.807) is 0 Å². The number of halogens is 1. The fourth-order valence-electron chi connectivity index (χ4n) is 3.04. The van der Waals surface area contributed by atoms with Crippen LogP contribution in [-0.2, 0) is 13.3 Å². The summed E-state index contributed by atoms with van der Waals surface area (Å²) < 4.78 is 14.7. The highest BCUT2D eigenvalue weighted by molar-refractivity contribution is 5.94. The molecule has 0 aliphatic rings. The number of hydrogen-bond acceptors (Lipinski definition) is 5. The molecule has 0 fully saturated rings. The van der Waals surface area contributed by atoms with Crippen molar-refractivity contribution in [3.8, 4) is 0 Å². The Morgan fingerprint density at radius 2 is 1.58 bits per heavy atom. The SMILES string of the molecule is O=c1c2[nH][nH]n(CO)c2c(=O)c2c(=O)n(Cc3ccc(F)cc3)c(=O)c12. The molecule has 2 heterocycles. The maximum Gasteiger partial charge on any atom is 0.266 e. The molecule has 26 heavy (non-hydrogen) atoms. The molecule has 0 aliphatic carbocycles. The van der Waals surface area contributed by atoms with Crippen LogP contribution in [0.5, 0.6) is 0 Å². The summed E-state index contributed by atoms with van der Waals surface area (Å²) in [6.45, 7) is -0.833. The van der Waals surface area contributed by atoms with Crippen molar-refractivity contribution in [2.45, 2.75) is 13.3 Å². The van der Waals surface area contributed by atoms with E-state index >= 15 is 0 Å². The molecule has 0 atom stereocenters. The average Bonchev–Trinajstić information content (AvgIpc) is 3.17. The molecule has 4 aromatic rings. The lowest BCUT2D eigenvalue weighted by atomic mass is 10.2. The molecule has 0 amide bonds. The zero-order valence-electron chi connectivity index (χ0n) is 13.1. The maximum atomic E-state index is 13.0. The second kappa shape index (κ2) is 5.49. The molecule has 4 rings (SSSR count). The van der Waals surface area contributed by atoms with Crippen LogP contribution in [-0.4, -0.2) is 24.7 Å². The lowest BCUT2D eigenvalue weighted by Gasteiger charge is -2.00. The van der Waals surface area contributed by atoms with Crippen molar-refractivity contribution in [1.82, 2.24) is 19.6 Å². The van der Waals surface area contributed by atoms with Crippen molar-refractivity contribution in [1.29, 1.82) is 0 Å². The lowest BCUT2D eigenvalue weighted by Crippen LogP contribution is -2.27. The third-order valence-electron chi connectivity index (χ3n) is 4.28. The fourth-order valence-corrected chi connectivity index (χ4v) is 3.04. The number of benzene rings is 2. The topological polar surface area (TPSA) is 130 Å². The Morgan fingerprint density at radius 3 is 2.19 bits per heavy atom. The molecule has 3 N–H and O–H groups in total. The van der Waals surface area contributed by atoms with Crippen molar-refractivity contribution < 1.29 is 9.50 Å². The van der Waals surface area contributed by atoms with E-state index in [1.807, 2.05) is 0 Å². The van der Waals surface area contributed by atoms with E-state index in [4.69, 9.17) is 0 Å². The van der Waals surface area contributed by atoms with Gasteiger partial charge in [0.05, 0.1) is 6.54 Å². The normalized spacial score (nSPS) is 11.6. The fraction of sp³-hybridized carbons (Fsp3) is 0.125. The van der Waals surface area contributed by atoms with Crippen molar-refractivity contribution in [3.63, 3.8) is 0 Å². The summed E-state index contributed by atoms with van der Waals surface area (Å²) in [6, 6.07) is 5.14. The van der Waals surface area contributed by atoms with Crippen molar-refractivity contribution in [2.24, 2.45) is 0 Å². The van der Waals surface area contributed by atoms with Crippen molar-refractivity contribution in [3.05, 3.63) is 76.8 Å². The van der Waals surface area contributed by atoms with E-state index in [9.17, 15) is 28.7 Å². The molecular weight excluding hydrogens is 347 g/mol. The van der Waals surface area contributed by atoms with Gasteiger partial charge in [0.25, 0.3) is 11.1 Å². The van der Waals surface area contributed by atoms with Gasteiger partial charge >= 0.3 is 0 Å². The minimum atomic E-state index is -0.899. The van der Waals surface area contributed by atoms with E-state index in [2.05, 4.69) is 10.3 Å². The van der Waals surface area contributed by atoms with Gasteiger partial charge in [0, 0.05) is 0 Å². The highest BCUT2D eigenvalue weighted by atomic mass is 19.1. The number of fused-ring (bicyclic) bond motifs is 2. The van der Waals surface area contributed by atoms with Gasteiger partial charge in [-0.25, -0.2) is 14.3 Å². The standard InChI is InChI=1S/C16H11FN4O5/c17-8-3-1-7(2-4-8)5-20-15(25)9-10(16(20)26)14(24)12-11(13(9)23)18-19-21(12)6-22/h1-4,18-19,22H,5-6H2. The predicted octanol–water partition coefficient (Wildman–Crippen LogP) is -0.732. The van der Waals surface area contributed by atoms with E-state index < -0.39 is 45.3 Å². The second-order valence-corrected chi connectivity index (χ2v) is 5.76. The van der Waals surface area contributed by atoms with Gasteiger partial charge in [0.1, 0.15) is 34.4 Å². The predicted molar refractivity (Wildman–Crippen MR) is 90.1 cm³/mol. The zero-order chi connectivity index (χ0) is 18.6. The Hall–Kier alpha value is -3.53. The molecular formula is C16H11FN4O5. The van der Waals surface area contributed by atoms with Crippen LogP contribution in [0.3, 0.4) is 0 Å². The van der Waals surface area contributed by atoms with E-state index in [-0.39, 0.29) is 17.6 Å². The van der Waals surface area contributed by atoms with Crippen molar-refractivity contribution >= 4 is 21.8 Å². The molecule has 2 aromatic heterocycles. The molecule has 0 spiro atoms. The number of aliphatic hydroxyl groups is 1. The summed E-state index contributed by atoms with van der Waals surface area (Å²) in [5, 5.41) is 13.1. The maximum absolute atomic E-state index is 13.0. The number of aromatic amines is 2. The van der Waals surface area contributed by atoms with Crippen LogP contribution in [0, 0.1) is 5.82 Å². The molecule has 0 bridgehead atoms. The van der Waals surface area contributed by atoms with Gasteiger partial charge in [0.15, 0.2) is 0 Å². The van der Waals surface area contributed by atoms with Gasteiger partial charge in [-0.2, -0.15) is 0 Å². The van der Waals surface area contributed by atoms with Gasteiger partial charge < -0.3 is 5.11 Å². The van der Waals surface area contributed by atoms with E-state index in [1.165, 1.54) is 24.3 Å². The van der Waals surface area contributed by atoms with Gasteiger partial charge in [-0.1, -0.05) is 12.1 Å². The highest BCUT2D eigenvalue weighted by Gasteiger charge is 2.24. The van der Waals surface area contributed by atoms with Crippen molar-refractivity contribution in [2.75, 3.05) is 0 Å². The summed E-state index contributed by atoms with van der Waals surface area (Å²) in [5.74, 6) is -0.473. The summed E-state index contributed by atoms with van der Waals surface area (Å²) in [6.07, 6.45) is 0. The summed E-state index contributed by atoms with van der Waals surface area (Å²) >= 11 is 0. The Kier molecular flexibility index (Phi) is 3.37. The molecule has 0 aliphatic heterocycles. The molecule has 0 radical (unpaired) electrons. The lowest BCUT2D eigenvalue weighted by molar-refractivity contribution is 0.197. The first kappa shape index (κ1) is 16.0. The quantitative estimate of drug-likeness (QED) is 0.444. The summed E-state index contributed by atoms with van der Waals surface area (Å²) in [4.78, 5) is 50.4. The Balaban J connectivity index is 2.07. The Bertz CT molecular complexity index is 1380. The van der Waals surface area contributed by atoms with Crippen LogP contribution in [0.4, 0.5) is 4.39 Å². The van der Waals surface area contributed by atoms with Gasteiger partial charge in [-0.15, -0.1) is 0 Å². The monoisotopic (exact) mass is 358 g/mol. The number of H-pyrrole nitrogens is 2. The first-order valence-electron chi connectivity index (χ1n) is 7.52. The summed E-state index contributed by atoms with van der Waals surface area (Å²) in [7, 11) is 0. The average molecular weight is 358 g/mol. The van der Waals surface area contributed by atoms with Crippen LogP contribution in [0.2, 0.25) is 0 Å². The number of nitrogens with one attached hydrogen (secondary N) is 2. The summed E-state index contributed by atoms with van der Waals surface area (Å²) in [5.41, 5.74) is -3.38. The van der Waals surface area contributed by atoms with E-state index in [0.29, 0.717) is 5.56 Å². The molecule has 0 unspecified atom stereocenters. The van der Waals surface area contributed by atoms with Crippen LogP contribution in [0.25, 0.3) is 21.8 Å². The molecule has 132 valence electrons. The first-order valence-corrected chi connectivity index (χ1v) is 7.52. The smallest absolute Gasteiger partial charge is 0.266 e. The minimum Gasteiger partial charge on any atom is -0.374 e. The number of aliphatic hydroxyl groups excluding tert-OH is 1. The molecule has 9 nitrogen and oxygen atoms in total. The Labute approximate surface area is 141 Å². The zero-order valence-corrected chi connectivity index (χ0v) is 13.1. The molecule has 10 heteroatoms. The molecule has 2 aromatic carbocycles. The number of hydrogen-bond donors (Lipinski definition) is 3. The number of aromatic nitrogens is 4. The third kappa shape index (κ3) is 2.05. The molecule has 0 saturated carbocycles. The first-order chi connectivity index (χ1) is 12.4. The number of rotatable bonds is 3. The van der Waals surface area contributed by atoms with E-state index in [0.717, 1.165) is 9.25 Å². The minimum absolute atomic E-state index is 0.201. The van der Waals surface area contributed by atoms with Crippen LogP contribution in [0.15, 0.2) is 43.4 Å². The van der Waals surface area contributed by atoms with Gasteiger partial charge in [-0.3, -0.25) is 28.8 Å². The largest absolute Gasteiger partial charge is 0.374 e. The highest BCUT2D eigenvalue weighted by Crippen LogP contribution is 2.08. The van der Waals surface area contributed by atoms with Crippen LogP contribution >= 0.6 is 0 Å². The van der Waals surface area contributed by atoms with Crippen LogP contribution in [0.1, 0.15) is 5.56 Å². The van der Waals surface area contributed by atoms with Crippen LogP contribution < -0.4 is 22.0 Å².